The van der Waals surface area contributed by atoms with Gasteiger partial charge in [0.05, 0.1) is 13.2 Å². The lowest BCUT2D eigenvalue weighted by atomic mass is 10.2. The molecule has 0 saturated carbocycles. The predicted molar refractivity (Wildman–Crippen MR) is 70.0 cm³/mol. The Balaban J connectivity index is 1.74. The van der Waals surface area contributed by atoms with Gasteiger partial charge in [-0.2, -0.15) is 0 Å². The first-order valence-corrected chi connectivity index (χ1v) is 6.40. The van der Waals surface area contributed by atoms with Crippen LogP contribution in [0, 0.1) is 0 Å². The molecule has 1 aliphatic heterocycles. The minimum absolute atomic E-state index is 0.0285. The summed E-state index contributed by atoms with van der Waals surface area (Å²) in [7, 11) is 0. The number of anilines is 1. The molecular formula is C12H15BrN2O2. The molecule has 1 amide bonds. The fraction of sp³-hybridized carbons (Fsp3) is 0.417. The number of hydrogen-bond acceptors (Lipinski definition) is 3. The van der Waals surface area contributed by atoms with Crippen molar-refractivity contribution in [1.29, 1.82) is 0 Å². The first-order chi connectivity index (χ1) is 8.24. The van der Waals surface area contributed by atoms with Gasteiger partial charge in [-0.3, -0.25) is 4.79 Å². The topological polar surface area (TPSA) is 50.4 Å². The Morgan fingerprint density at radius 3 is 2.82 bits per heavy atom. The van der Waals surface area contributed by atoms with E-state index in [9.17, 15) is 4.79 Å². The Morgan fingerprint density at radius 2 is 2.18 bits per heavy atom. The molecular weight excluding hydrogens is 284 g/mol. The maximum Gasteiger partial charge on any atom is 0.238 e. The molecule has 0 aliphatic carbocycles. The summed E-state index contributed by atoms with van der Waals surface area (Å²) < 4.78 is 6.22. The molecule has 0 spiro atoms. The second-order valence-corrected chi connectivity index (χ2v) is 4.91. The first-order valence-electron chi connectivity index (χ1n) is 5.60. The maximum atomic E-state index is 11.6. The molecule has 1 aliphatic rings. The van der Waals surface area contributed by atoms with E-state index in [-0.39, 0.29) is 5.91 Å². The Morgan fingerprint density at radius 1 is 1.41 bits per heavy atom. The van der Waals surface area contributed by atoms with Crippen LogP contribution in [0.4, 0.5) is 5.69 Å². The van der Waals surface area contributed by atoms with Crippen molar-refractivity contribution in [2.24, 2.45) is 0 Å². The van der Waals surface area contributed by atoms with Crippen molar-refractivity contribution in [2.45, 2.75) is 12.5 Å². The largest absolute Gasteiger partial charge is 0.380 e. The van der Waals surface area contributed by atoms with Crippen LogP contribution in [0.25, 0.3) is 0 Å². The molecule has 1 aromatic carbocycles. The standard InChI is InChI=1S/C12H15BrN2O2/c13-9-1-3-10(4-2-9)15-12(16)7-14-11-5-6-17-8-11/h1-4,11,14H,5-8H2,(H,15,16). The van der Waals surface area contributed by atoms with Gasteiger partial charge in [0.15, 0.2) is 0 Å². The molecule has 0 radical (unpaired) electrons. The van der Waals surface area contributed by atoms with Crippen LogP contribution >= 0.6 is 15.9 Å². The summed E-state index contributed by atoms with van der Waals surface area (Å²) in [6.07, 6.45) is 0.978. The van der Waals surface area contributed by atoms with Crippen LogP contribution in [0.1, 0.15) is 6.42 Å². The molecule has 4 nitrogen and oxygen atoms in total. The predicted octanol–water partition coefficient (Wildman–Crippen LogP) is 1.77. The highest BCUT2D eigenvalue weighted by atomic mass is 79.9. The zero-order valence-corrected chi connectivity index (χ0v) is 11.0. The van der Waals surface area contributed by atoms with Crippen LogP contribution in [0.2, 0.25) is 0 Å². The van der Waals surface area contributed by atoms with Crippen LogP contribution in [0.5, 0.6) is 0 Å². The monoisotopic (exact) mass is 298 g/mol. The van der Waals surface area contributed by atoms with Crippen molar-refractivity contribution in [2.75, 3.05) is 25.1 Å². The molecule has 0 aromatic heterocycles. The van der Waals surface area contributed by atoms with Gasteiger partial charge in [-0.25, -0.2) is 0 Å². The van der Waals surface area contributed by atoms with Gasteiger partial charge >= 0.3 is 0 Å². The highest BCUT2D eigenvalue weighted by Gasteiger charge is 2.15. The van der Waals surface area contributed by atoms with Gasteiger partial charge in [0.1, 0.15) is 0 Å². The summed E-state index contributed by atoms with van der Waals surface area (Å²) in [5.74, 6) is -0.0285. The Labute approximate surface area is 109 Å². The summed E-state index contributed by atoms with van der Waals surface area (Å²) in [6.45, 7) is 1.81. The molecule has 1 heterocycles. The van der Waals surface area contributed by atoms with E-state index in [4.69, 9.17) is 4.74 Å². The maximum absolute atomic E-state index is 11.6. The van der Waals surface area contributed by atoms with Gasteiger partial charge in [-0.1, -0.05) is 15.9 Å². The van der Waals surface area contributed by atoms with Crippen molar-refractivity contribution >= 4 is 27.5 Å². The molecule has 1 fully saturated rings. The number of carbonyl (C=O) groups is 1. The summed E-state index contributed by atoms with van der Waals surface area (Å²) in [6, 6.07) is 7.83. The summed E-state index contributed by atoms with van der Waals surface area (Å²) in [4.78, 5) is 11.6. The van der Waals surface area contributed by atoms with E-state index in [1.165, 1.54) is 0 Å². The van der Waals surface area contributed by atoms with E-state index in [2.05, 4.69) is 26.6 Å². The number of hydrogen-bond donors (Lipinski definition) is 2. The number of benzene rings is 1. The molecule has 2 rings (SSSR count). The molecule has 0 bridgehead atoms. The van der Waals surface area contributed by atoms with E-state index in [1.807, 2.05) is 24.3 Å². The van der Waals surface area contributed by atoms with Gasteiger partial charge in [0.25, 0.3) is 0 Å². The quantitative estimate of drug-likeness (QED) is 0.891. The van der Waals surface area contributed by atoms with Crippen LogP contribution in [0.15, 0.2) is 28.7 Å². The lowest BCUT2D eigenvalue weighted by Crippen LogP contribution is -2.36. The number of ether oxygens (including phenoxy) is 1. The zero-order valence-electron chi connectivity index (χ0n) is 9.41. The van der Waals surface area contributed by atoms with Crippen molar-refractivity contribution in [1.82, 2.24) is 5.32 Å². The van der Waals surface area contributed by atoms with Crippen LogP contribution in [-0.2, 0) is 9.53 Å². The Kier molecular flexibility index (Phi) is 4.53. The minimum atomic E-state index is -0.0285. The van der Waals surface area contributed by atoms with Gasteiger partial charge < -0.3 is 15.4 Å². The van der Waals surface area contributed by atoms with E-state index in [1.54, 1.807) is 0 Å². The van der Waals surface area contributed by atoms with Crippen LogP contribution in [0.3, 0.4) is 0 Å². The SMILES string of the molecule is O=C(CNC1CCOC1)Nc1ccc(Br)cc1. The normalized spacial score (nSPS) is 19.2. The average Bonchev–Trinajstić information content (AvgIpc) is 2.83. The Hall–Kier alpha value is -0.910. The highest BCUT2D eigenvalue weighted by molar-refractivity contribution is 9.10. The molecule has 17 heavy (non-hydrogen) atoms. The van der Waals surface area contributed by atoms with Gasteiger partial charge in [0.2, 0.25) is 5.91 Å². The fourth-order valence-corrected chi connectivity index (χ4v) is 1.94. The number of nitrogens with one attached hydrogen (secondary N) is 2. The number of amides is 1. The molecule has 1 saturated heterocycles. The third kappa shape index (κ3) is 4.11. The number of carbonyl (C=O) groups excluding carboxylic acids is 1. The van der Waals surface area contributed by atoms with Crippen molar-refractivity contribution in [3.63, 3.8) is 0 Å². The van der Waals surface area contributed by atoms with Gasteiger partial charge in [-0.15, -0.1) is 0 Å². The fourth-order valence-electron chi connectivity index (χ4n) is 1.67. The van der Waals surface area contributed by atoms with Crippen LogP contribution < -0.4 is 10.6 Å². The minimum Gasteiger partial charge on any atom is -0.380 e. The molecule has 2 N–H and O–H groups in total. The molecule has 1 unspecified atom stereocenters. The Bertz CT molecular complexity index is 375. The highest BCUT2D eigenvalue weighted by Crippen LogP contribution is 2.13. The number of rotatable bonds is 4. The second-order valence-electron chi connectivity index (χ2n) is 4.00. The van der Waals surface area contributed by atoms with Crippen molar-refractivity contribution in [3.8, 4) is 0 Å². The lowest BCUT2D eigenvalue weighted by Gasteiger charge is -2.10. The van der Waals surface area contributed by atoms with Crippen LogP contribution in [-0.4, -0.2) is 31.7 Å². The van der Waals surface area contributed by atoms with E-state index >= 15 is 0 Å². The van der Waals surface area contributed by atoms with Crippen molar-refractivity contribution < 1.29 is 9.53 Å². The van der Waals surface area contributed by atoms with Gasteiger partial charge in [0, 0.05) is 22.8 Å². The first kappa shape index (κ1) is 12.5. The molecule has 1 aromatic rings. The summed E-state index contributed by atoms with van der Waals surface area (Å²) in [5, 5.41) is 6.00. The van der Waals surface area contributed by atoms with Gasteiger partial charge in [-0.05, 0) is 30.7 Å². The third-order valence-electron chi connectivity index (χ3n) is 2.61. The molecule has 92 valence electrons. The molecule has 5 heteroatoms. The van der Waals surface area contributed by atoms with E-state index < -0.39 is 0 Å². The number of halogens is 1. The van der Waals surface area contributed by atoms with E-state index in [0.29, 0.717) is 19.2 Å². The third-order valence-corrected chi connectivity index (χ3v) is 3.14. The zero-order chi connectivity index (χ0) is 12.1. The second kappa shape index (κ2) is 6.14. The van der Waals surface area contributed by atoms with Crippen molar-refractivity contribution in [3.05, 3.63) is 28.7 Å². The smallest absolute Gasteiger partial charge is 0.238 e. The van der Waals surface area contributed by atoms with E-state index in [0.717, 1.165) is 23.2 Å². The summed E-state index contributed by atoms with van der Waals surface area (Å²) >= 11 is 3.35. The summed E-state index contributed by atoms with van der Waals surface area (Å²) in [5.41, 5.74) is 0.808. The lowest BCUT2D eigenvalue weighted by molar-refractivity contribution is -0.115. The average molecular weight is 299 g/mol. The molecule has 1 atom stereocenters.